The number of hydrogen-bond donors (Lipinski definition) is 2. The quantitative estimate of drug-likeness (QED) is 0.549. The smallest absolute Gasteiger partial charge is 0.320 e. The predicted octanol–water partition coefficient (Wildman–Crippen LogP) is 0.481. The van der Waals surface area contributed by atoms with Gasteiger partial charge < -0.3 is 5.73 Å². The Hall–Kier alpha value is -0.480. The standard InChI is InChI=1S/C6H10F4N2O2S2/c1-3(4(11)15)16(13,14)12-2-6(9,10)5(7)8/h3,5,12H,2H2,1H3,(H2,11,15). The van der Waals surface area contributed by atoms with E-state index in [1.807, 2.05) is 0 Å². The molecule has 96 valence electrons. The number of nitrogens with two attached hydrogens (primary N) is 1. The first kappa shape index (κ1) is 15.5. The van der Waals surface area contributed by atoms with Gasteiger partial charge in [0, 0.05) is 0 Å². The van der Waals surface area contributed by atoms with E-state index >= 15 is 0 Å². The molecule has 0 fully saturated rings. The highest BCUT2D eigenvalue weighted by Crippen LogP contribution is 2.21. The molecule has 0 bridgehead atoms. The summed E-state index contributed by atoms with van der Waals surface area (Å²) in [6.07, 6.45) is -3.95. The molecular formula is C6H10F4N2O2S2. The van der Waals surface area contributed by atoms with Crippen molar-refractivity contribution in [3.05, 3.63) is 0 Å². The normalized spacial score (nSPS) is 15.1. The third-order valence-corrected chi connectivity index (χ3v) is 3.93. The van der Waals surface area contributed by atoms with E-state index in [4.69, 9.17) is 5.73 Å². The van der Waals surface area contributed by atoms with Gasteiger partial charge >= 0.3 is 12.3 Å². The van der Waals surface area contributed by atoms with Crippen LogP contribution in [0.25, 0.3) is 0 Å². The lowest BCUT2D eigenvalue weighted by atomic mass is 10.4. The van der Waals surface area contributed by atoms with Crippen molar-refractivity contribution >= 4 is 27.2 Å². The summed E-state index contributed by atoms with van der Waals surface area (Å²) in [7, 11) is -4.26. The highest BCUT2D eigenvalue weighted by Gasteiger charge is 2.42. The maximum absolute atomic E-state index is 12.4. The fraction of sp³-hybridized carbons (Fsp3) is 0.833. The molecule has 0 saturated heterocycles. The van der Waals surface area contributed by atoms with Crippen LogP contribution in [0, 0.1) is 0 Å². The molecule has 1 unspecified atom stereocenters. The van der Waals surface area contributed by atoms with E-state index in [1.165, 1.54) is 4.72 Å². The molecule has 1 atom stereocenters. The zero-order chi connectivity index (χ0) is 13.1. The summed E-state index contributed by atoms with van der Waals surface area (Å²) in [6, 6.07) is 0. The second-order valence-electron chi connectivity index (χ2n) is 2.97. The molecule has 0 spiro atoms. The third kappa shape index (κ3) is 4.18. The number of halogens is 4. The summed E-state index contributed by atoms with van der Waals surface area (Å²) >= 11 is 4.35. The van der Waals surface area contributed by atoms with Gasteiger partial charge in [-0.2, -0.15) is 8.78 Å². The first-order chi connectivity index (χ1) is 7.00. The Labute approximate surface area is 95.2 Å². The van der Waals surface area contributed by atoms with Crippen LogP contribution in [0.2, 0.25) is 0 Å². The fourth-order valence-corrected chi connectivity index (χ4v) is 1.88. The molecule has 3 N–H and O–H groups in total. The largest absolute Gasteiger partial charge is 0.392 e. The van der Waals surface area contributed by atoms with Crippen LogP contribution >= 0.6 is 12.2 Å². The minimum absolute atomic E-state index is 0.437. The number of nitrogens with one attached hydrogen (secondary N) is 1. The number of thiocarbonyl (C=S) groups is 1. The summed E-state index contributed by atoms with van der Waals surface area (Å²) in [6.45, 7) is -0.634. The van der Waals surface area contributed by atoms with Gasteiger partial charge in [0.15, 0.2) is 0 Å². The predicted molar refractivity (Wildman–Crippen MR) is 54.1 cm³/mol. The molecule has 0 amide bonds. The molecule has 0 aromatic carbocycles. The molecule has 0 aromatic heterocycles. The number of sulfonamides is 1. The van der Waals surface area contributed by atoms with Crippen molar-refractivity contribution < 1.29 is 26.0 Å². The fourth-order valence-electron chi connectivity index (χ4n) is 0.552. The Balaban J connectivity index is 4.59. The van der Waals surface area contributed by atoms with Crippen molar-refractivity contribution in [2.45, 2.75) is 24.5 Å². The molecule has 0 saturated carbocycles. The van der Waals surface area contributed by atoms with Crippen molar-refractivity contribution in [3.63, 3.8) is 0 Å². The van der Waals surface area contributed by atoms with Gasteiger partial charge in [-0.05, 0) is 6.92 Å². The summed E-state index contributed by atoms with van der Waals surface area (Å²) < 4.78 is 71.9. The second-order valence-corrected chi connectivity index (χ2v) is 5.53. The molecule has 0 radical (unpaired) electrons. The van der Waals surface area contributed by atoms with Crippen LogP contribution in [0.1, 0.15) is 6.92 Å². The molecule has 0 heterocycles. The first-order valence-corrected chi connectivity index (χ1v) is 5.90. The highest BCUT2D eigenvalue weighted by molar-refractivity contribution is 7.93. The van der Waals surface area contributed by atoms with Gasteiger partial charge in [-0.15, -0.1) is 0 Å². The monoisotopic (exact) mass is 282 g/mol. The van der Waals surface area contributed by atoms with Crippen molar-refractivity contribution in [3.8, 4) is 0 Å². The van der Waals surface area contributed by atoms with Crippen LogP contribution in [0.4, 0.5) is 17.6 Å². The van der Waals surface area contributed by atoms with Crippen LogP contribution < -0.4 is 10.5 Å². The van der Waals surface area contributed by atoms with E-state index in [0.717, 1.165) is 6.92 Å². The average Bonchev–Trinajstić information content (AvgIpc) is 2.13. The van der Waals surface area contributed by atoms with E-state index in [2.05, 4.69) is 12.2 Å². The summed E-state index contributed by atoms with van der Waals surface area (Å²) in [5.74, 6) is -4.43. The minimum Gasteiger partial charge on any atom is -0.392 e. The zero-order valence-electron chi connectivity index (χ0n) is 8.08. The van der Waals surface area contributed by atoms with Crippen molar-refractivity contribution in [1.29, 1.82) is 0 Å². The van der Waals surface area contributed by atoms with E-state index in [9.17, 15) is 26.0 Å². The van der Waals surface area contributed by atoms with Crippen molar-refractivity contribution in [2.75, 3.05) is 6.54 Å². The van der Waals surface area contributed by atoms with Crippen LogP contribution in [-0.4, -0.2) is 37.5 Å². The lowest BCUT2D eigenvalue weighted by Crippen LogP contribution is -2.46. The second kappa shape index (κ2) is 5.23. The molecule has 0 aliphatic heterocycles. The van der Waals surface area contributed by atoms with E-state index < -0.39 is 39.2 Å². The summed E-state index contributed by atoms with van der Waals surface area (Å²) in [5, 5.41) is -1.41. The number of alkyl halides is 4. The van der Waals surface area contributed by atoms with Gasteiger partial charge in [0.2, 0.25) is 10.0 Å². The maximum atomic E-state index is 12.4. The third-order valence-electron chi connectivity index (χ3n) is 1.69. The zero-order valence-corrected chi connectivity index (χ0v) is 9.72. The van der Waals surface area contributed by atoms with Crippen LogP contribution in [0.5, 0.6) is 0 Å². The molecular weight excluding hydrogens is 272 g/mol. The van der Waals surface area contributed by atoms with E-state index in [-0.39, 0.29) is 0 Å². The Bertz CT molecular complexity index is 358. The summed E-state index contributed by atoms with van der Waals surface area (Å²) in [5.41, 5.74) is 5.00. The molecule has 0 aromatic rings. The van der Waals surface area contributed by atoms with Crippen molar-refractivity contribution in [2.24, 2.45) is 5.73 Å². The Morgan fingerprint density at radius 1 is 1.50 bits per heavy atom. The Morgan fingerprint density at radius 2 is 1.94 bits per heavy atom. The lowest BCUT2D eigenvalue weighted by Gasteiger charge is -2.18. The Kier molecular flexibility index (Phi) is 5.08. The van der Waals surface area contributed by atoms with Gasteiger partial charge in [-0.3, -0.25) is 0 Å². The molecule has 0 aliphatic rings. The lowest BCUT2D eigenvalue weighted by molar-refractivity contribution is -0.122. The molecule has 10 heteroatoms. The van der Waals surface area contributed by atoms with Gasteiger partial charge in [0.05, 0.1) is 11.5 Å². The maximum Gasteiger partial charge on any atom is 0.320 e. The van der Waals surface area contributed by atoms with Crippen LogP contribution in [-0.2, 0) is 10.0 Å². The number of hydrogen-bond acceptors (Lipinski definition) is 3. The Morgan fingerprint density at radius 3 is 2.25 bits per heavy atom. The van der Waals surface area contributed by atoms with Gasteiger partial charge in [-0.25, -0.2) is 21.9 Å². The topological polar surface area (TPSA) is 72.2 Å². The van der Waals surface area contributed by atoms with E-state index in [1.54, 1.807) is 0 Å². The first-order valence-electron chi connectivity index (χ1n) is 3.94. The molecule has 0 rings (SSSR count). The molecule has 0 aliphatic carbocycles. The van der Waals surface area contributed by atoms with Gasteiger partial charge in [0.25, 0.3) is 0 Å². The van der Waals surface area contributed by atoms with Gasteiger partial charge in [-0.1, -0.05) is 12.2 Å². The minimum atomic E-state index is -4.43. The van der Waals surface area contributed by atoms with Gasteiger partial charge in [0.1, 0.15) is 5.25 Å². The van der Waals surface area contributed by atoms with E-state index in [0.29, 0.717) is 0 Å². The van der Waals surface area contributed by atoms with Crippen LogP contribution in [0.3, 0.4) is 0 Å². The van der Waals surface area contributed by atoms with Crippen molar-refractivity contribution in [1.82, 2.24) is 4.72 Å². The number of rotatable bonds is 6. The molecule has 16 heavy (non-hydrogen) atoms. The highest BCUT2D eigenvalue weighted by atomic mass is 32.2. The SMILES string of the molecule is CC(C(N)=S)S(=O)(=O)NCC(F)(F)C(F)F. The average molecular weight is 282 g/mol. The van der Waals surface area contributed by atoms with Crippen LogP contribution in [0.15, 0.2) is 0 Å². The molecule has 4 nitrogen and oxygen atoms in total. The summed E-state index contributed by atoms with van der Waals surface area (Å²) in [4.78, 5) is -0.437.